The number of hydroxylamine groups is 1. The van der Waals surface area contributed by atoms with Gasteiger partial charge in [-0.1, -0.05) is 50.7 Å². The maximum atomic E-state index is 13.6. The van der Waals surface area contributed by atoms with Crippen molar-refractivity contribution in [3.63, 3.8) is 0 Å². The summed E-state index contributed by atoms with van der Waals surface area (Å²) >= 11 is 3.20. The molecule has 6 aromatic rings. The van der Waals surface area contributed by atoms with Gasteiger partial charge in [0.2, 0.25) is 20.0 Å². The molecule has 0 saturated heterocycles. The molecular formula is C44H51N3O10S4. The van der Waals surface area contributed by atoms with Crippen LogP contribution in [0.3, 0.4) is 0 Å². The monoisotopic (exact) mass is 909 g/mol. The highest BCUT2D eigenvalue weighted by molar-refractivity contribution is 7.88. The van der Waals surface area contributed by atoms with Gasteiger partial charge in [0.05, 0.1) is 37.1 Å². The highest BCUT2D eigenvalue weighted by Crippen LogP contribution is 2.35. The Morgan fingerprint density at radius 3 is 1.51 bits per heavy atom. The second-order valence-corrected chi connectivity index (χ2v) is 21.6. The van der Waals surface area contributed by atoms with Gasteiger partial charge in [-0.2, -0.15) is 8.61 Å². The Morgan fingerprint density at radius 1 is 0.656 bits per heavy atom. The van der Waals surface area contributed by atoms with Crippen LogP contribution in [0.15, 0.2) is 105 Å². The first-order valence-corrected chi connectivity index (χ1v) is 25.5. The molecule has 2 aromatic carbocycles. The zero-order chi connectivity index (χ0) is 43.0. The van der Waals surface area contributed by atoms with Crippen molar-refractivity contribution < 1.29 is 45.6 Å². The maximum absolute atomic E-state index is 13.6. The molecule has 2 atom stereocenters. The Kier molecular flexibility index (Phi) is 14.8. The number of carboxylic acid groups (broad SMARTS) is 1. The average molecular weight is 910 g/mol. The van der Waals surface area contributed by atoms with E-state index in [1.54, 1.807) is 58.5 Å². The van der Waals surface area contributed by atoms with Crippen LogP contribution in [0.1, 0.15) is 86.9 Å². The molecule has 4 aromatic heterocycles. The van der Waals surface area contributed by atoms with Crippen LogP contribution < -0.4 is 5.48 Å². The smallest absolute Gasteiger partial charge is 0.322 e. The number of nitrogens with one attached hydrogen (secondary N) is 1. The fraction of sp³-hybridized carbons (Fsp3) is 0.409. The molecule has 8 rings (SSSR count). The minimum absolute atomic E-state index is 0.0649. The fourth-order valence-corrected chi connectivity index (χ4v) is 13.7. The topological polar surface area (TPSA) is 188 Å². The number of carbonyl (C=O) groups excluding carboxylic acids is 1. The summed E-state index contributed by atoms with van der Waals surface area (Å²) < 4.78 is 69.6. The van der Waals surface area contributed by atoms with Crippen molar-refractivity contribution in [2.45, 2.75) is 101 Å². The minimum Gasteiger partial charge on any atom is -0.480 e. The zero-order valence-electron chi connectivity index (χ0n) is 33.6. The number of nitrogens with zero attached hydrogens (tertiary/aromatic N) is 2. The highest BCUT2D eigenvalue weighted by atomic mass is 32.2. The number of thiophene rings is 2. The molecule has 13 nitrogen and oxygen atoms in total. The van der Waals surface area contributed by atoms with Crippen LogP contribution in [0, 0.1) is 11.8 Å². The van der Waals surface area contributed by atoms with E-state index in [1.807, 2.05) is 53.2 Å². The van der Waals surface area contributed by atoms with Crippen LogP contribution in [0.4, 0.5) is 0 Å². The van der Waals surface area contributed by atoms with E-state index in [0.29, 0.717) is 22.6 Å². The third-order valence-electron chi connectivity index (χ3n) is 11.7. The number of fused-ring (bicyclic) bond motifs is 2. The minimum atomic E-state index is -3.90. The van der Waals surface area contributed by atoms with E-state index in [1.165, 1.54) is 16.8 Å². The predicted octanol–water partition coefficient (Wildman–Crippen LogP) is 9.14. The van der Waals surface area contributed by atoms with Gasteiger partial charge in [0.25, 0.3) is 5.91 Å². The molecule has 0 bridgehead atoms. The molecule has 1 amide bonds. The van der Waals surface area contributed by atoms with Gasteiger partial charge in [-0.15, -0.1) is 22.7 Å². The van der Waals surface area contributed by atoms with Gasteiger partial charge in [-0.3, -0.25) is 14.8 Å². The van der Waals surface area contributed by atoms with Gasteiger partial charge in [0.1, 0.15) is 23.6 Å². The van der Waals surface area contributed by atoms with Crippen molar-refractivity contribution in [1.82, 2.24) is 14.1 Å². The highest BCUT2D eigenvalue weighted by Gasteiger charge is 2.42. The second kappa shape index (κ2) is 20.2. The van der Waals surface area contributed by atoms with Crippen molar-refractivity contribution in [1.29, 1.82) is 0 Å². The van der Waals surface area contributed by atoms with Crippen LogP contribution in [0.25, 0.3) is 20.2 Å². The molecule has 61 heavy (non-hydrogen) atoms. The van der Waals surface area contributed by atoms with Crippen molar-refractivity contribution in [2.24, 2.45) is 11.8 Å². The van der Waals surface area contributed by atoms with Crippen molar-refractivity contribution in [3.05, 3.63) is 119 Å². The van der Waals surface area contributed by atoms with E-state index in [4.69, 9.17) is 8.83 Å². The molecule has 3 N–H and O–H groups in total. The van der Waals surface area contributed by atoms with E-state index in [9.17, 15) is 36.7 Å². The van der Waals surface area contributed by atoms with E-state index in [0.717, 1.165) is 88.7 Å². The summed E-state index contributed by atoms with van der Waals surface area (Å²) in [6.07, 6.45) is 11.7. The largest absolute Gasteiger partial charge is 0.480 e. The Morgan fingerprint density at radius 2 is 1.10 bits per heavy atom. The fourth-order valence-electron chi connectivity index (χ4n) is 8.76. The number of sulfonamides is 2. The molecule has 326 valence electrons. The quantitative estimate of drug-likeness (QED) is 0.0624. The van der Waals surface area contributed by atoms with E-state index >= 15 is 0 Å². The van der Waals surface area contributed by atoms with Crippen molar-refractivity contribution in [2.75, 3.05) is 0 Å². The van der Waals surface area contributed by atoms with Gasteiger partial charge in [-0.25, -0.2) is 22.3 Å². The molecule has 0 radical (unpaired) electrons. The number of amides is 1. The lowest BCUT2D eigenvalue weighted by Crippen LogP contribution is -2.53. The lowest BCUT2D eigenvalue weighted by Gasteiger charge is -2.36. The third kappa shape index (κ3) is 11.2. The van der Waals surface area contributed by atoms with Gasteiger partial charge in [-0.05, 0) is 131 Å². The normalized spacial score (nSPS) is 16.7. The first-order chi connectivity index (χ1) is 29.4. The van der Waals surface area contributed by atoms with Crippen molar-refractivity contribution in [3.8, 4) is 0 Å². The summed E-state index contributed by atoms with van der Waals surface area (Å²) in [6, 6.07) is 19.7. The predicted molar refractivity (Wildman–Crippen MR) is 236 cm³/mol. The first-order valence-electron chi connectivity index (χ1n) is 20.5. The molecule has 0 aliphatic heterocycles. The third-order valence-corrected chi connectivity index (χ3v) is 17.0. The molecule has 2 saturated carbocycles. The number of hydrogen-bond acceptors (Lipinski definition) is 11. The molecule has 4 heterocycles. The Labute approximate surface area is 364 Å². The Balaban J connectivity index is 0.000000184. The number of rotatable bonds is 16. The Bertz CT molecular complexity index is 2570. The summed E-state index contributed by atoms with van der Waals surface area (Å²) in [5.74, 6) is -1.74. The van der Waals surface area contributed by atoms with Crippen LogP contribution in [-0.4, -0.2) is 59.7 Å². The molecule has 2 fully saturated rings. The molecular weight excluding hydrogens is 859 g/mol. The van der Waals surface area contributed by atoms with Crippen LogP contribution in [-0.2, 0) is 54.2 Å². The molecule has 2 aliphatic rings. The number of carbonyl (C=O) groups is 2. The summed E-state index contributed by atoms with van der Waals surface area (Å²) in [5.41, 5.74) is 3.01. The molecule has 2 aliphatic carbocycles. The van der Waals surface area contributed by atoms with Gasteiger partial charge in [0.15, 0.2) is 0 Å². The first kappa shape index (κ1) is 44.7. The molecule has 17 heteroatoms. The standard InChI is InChI=1S/C22H26N2O5S2.C22H25NO5S2/c25-22(23-26)21(17-5-2-1-3-6-17)24(14-19-7-4-11-29-19)31(27,28)15-16-8-9-20-18(13-16)10-12-30-20;24-22(25)21(17-5-2-1-3-6-17)23(14-19-7-4-11-28-19)30(26,27)15-16-8-9-20-18(13-16)10-12-29-20/h4,7-13,17,21,26H,1-3,5-6,14-15H2,(H,23,25);4,7-13,17,21H,1-3,5-6,14-15H2,(H,24,25)/t2*21-/m11/s1. The summed E-state index contributed by atoms with van der Waals surface area (Å²) in [7, 11) is -7.80. The zero-order valence-corrected chi connectivity index (χ0v) is 36.9. The molecule has 0 unspecified atom stereocenters. The molecule has 0 spiro atoms. The van der Waals surface area contributed by atoms with Gasteiger partial charge < -0.3 is 13.9 Å². The summed E-state index contributed by atoms with van der Waals surface area (Å²) in [5, 5.41) is 25.4. The number of aliphatic carboxylic acids is 1. The maximum Gasteiger partial charge on any atom is 0.322 e. The summed E-state index contributed by atoms with van der Waals surface area (Å²) in [4.78, 5) is 25.0. The lowest BCUT2D eigenvalue weighted by molar-refractivity contribution is -0.144. The second-order valence-electron chi connectivity index (χ2n) is 15.8. The van der Waals surface area contributed by atoms with E-state index in [2.05, 4.69) is 0 Å². The Hall–Kier alpha value is -4.36. The number of carboxylic acids is 1. The number of hydrogen-bond donors (Lipinski definition) is 3. The van der Waals surface area contributed by atoms with E-state index in [-0.39, 0.29) is 36.4 Å². The van der Waals surface area contributed by atoms with Gasteiger partial charge >= 0.3 is 5.97 Å². The van der Waals surface area contributed by atoms with Crippen LogP contribution >= 0.6 is 22.7 Å². The summed E-state index contributed by atoms with van der Waals surface area (Å²) in [6.45, 7) is -0.145. The SMILES string of the molecule is O=C(NO)[C@@H](C1CCCCC1)N(Cc1ccco1)S(=O)(=O)Cc1ccc2sccc2c1.O=C(O)[C@@H](C1CCCCC1)N(Cc1ccco1)S(=O)(=O)Cc1ccc2sccc2c1. The van der Waals surface area contributed by atoms with Crippen LogP contribution in [0.5, 0.6) is 0 Å². The van der Waals surface area contributed by atoms with Crippen LogP contribution in [0.2, 0.25) is 0 Å². The van der Waals surface area contributed by atoms with E-state index < -0.39 is 44.0 Å². The van der Waals surface area contributed by atoms with Crippen molar-refractivity contribution >= 4 is 74.8 Å². The average Bonchev–Trinajstić information content (AvgIpc) is 4.10. The number of furan rings is 2. The lowest BCUT2D eigenvalue weighted by atomic mass is 9.83. The number of benzene rings is 2. The van der Waals surface area contributed by atoms with Gasteiger partial charge in [0, 0.05) is 9.40 Å².